The normalized spacial score (nSPS) is 18.8. The zero-order valence-corrected chi connectivity index (χ0v) is 19.0. The molecular formula is C21H23ClINO4. The van der Waals surface area contributed by atoms with Crippen LogP contribution in [0.5, 0.6) is 17.2 Å². The van der Waals surface area contributed by atoms with Crippen molar-refractivity contribution >= 4 is 17.4 Å². The summed E-state index contributed by atoms with van der Waals surface area (Å²) >= 11 is 5.96. The number of hydrogen-bond donors (Lipinski definition) is 0. The Morgan fingerprint density at radius 3 is 2.64 bits per heavy atom. The predicted molar refractivity (Wildman–Crippen MR) is 103 cm³/mol. The van der Waals surface area contributed by atoms with Gasteiger partial charge < -0.3 is 42.7 Å². The lowest BCUT2D eigenvalue weighted by atomic mass is 9.86. The van der Waals surface area contributed by atoms with Gasteiger partial charge in [0.05, 0.1) is 39.7 Å². The number of Topliss-reactive ketones (excluding diaryl/α,β-unsaturated/α-hetero) is 1. The van der Waals surface area contributed by atoms with E-state index in [-0.39, 0.29) is 42.6 Å². The van der Waals surface area contributed by atoms with E-state index in [0.717, 1.165) is 24.3 Å². The van der Waals surface area contributed by atoms with E-state index in [1.54, 1.807) is 31.4 Å². The number of nitrogens with zero attached hydrogens (tertiary/aromatic N) is 1. The summed E-state index contributed by atoms with van der Waals surface area (Å²) in [5, 5.41) is 0.625. The molecule has 1 atom stereocenters. The van der Waals surface area contributed by atoms with E-state index in [0.29, 0.717) is 33.0 Å². The summed E-state index contributed by atoms with van der Waals surface area (Å²) in [5.41, 5.74) is 2.90. The first-order valence-corrected chi connectivity index (χ1v) is 9.39. The summed E-state index contributed by atoms with van der Waals surface area (Å²) in [6, 6.07) is 9.08. The lowest BCUT2D eigenvalue weighted by Gasteiger charge is -2.43. The maximum absolute atomic E-state index is 13.0. The van der Waals surface area contributed by atoms with Crippen molar-refractivity contribution in [1.29, 1.82) is 0 Å². The Labute approximate surface area is 187 Å². The van der Waals surface area contributed by atoms with E-state index < -0.39 is 0 Å². The molecule has 2 aliphatic heterocycles. The van der Waals surface area contributed by atoms with Crippen molar-refractivity contribution in [3.05, 3.63) is 52.0 Å². The largest absolute Gasteiger partial charge is 1.00 e. The molecule has 0 bridgehead atoms. The number of ether oxygens (including phenoxy) is 3. The number of quaternary nitrogens is 1. The van der Waals surface area contributed by atoms with Gasteiger partial charge in [0, 0.05) is 17.0 Å². The fraction of sp³-hybridized carbons (Fsp3) is 0.381. The van der Waals surface area contributed by atoms with Crippen LogP contribution >= 0.6 is 11.6 Å². The molecule has 28 heavy (non-hydrogen) atoms. The minimum Gasteiger partial charge on any atom is -1.00 e. The van der Waals surface area contributed by atoms with Gasteiger partial charge in [-0.3, -0.25) is 4.79 Å². The number of halogens is 2. The maximum Gasteiger partial charge on any atom is 0.231 e. The van der Waals surface area contributed by atoms with Crippen LogP contribution in [-0.2, 0) is 6.42 Å². The second kappa shape index (κ2) is 8.08. The second-order valence-corrected chi connectivity index (χ2v) is 8.06. The van der Waals surface area contributed by atoms with Crippen LogP contribution in [0.3, 0.4) is 0 Å². The van der Waals surface area contributed by atoms with Crippen LogP contribution in [-0.4, -0.2) is 44.8 Å². The molecule has 0 spiro atoms. The Bertz CT molecular complexity index is 898. The maximum atomic E-state index is 13.0. The zero-order valence-electron chi connectivity index (χ0n) is 16.1. The monoisotopic (exact) mass is 515 g/mol. The van der Waals surface area contributed by atoms with Crippen LogP contribution in [0, 0.1) is 0 Å². The molecular weight excluding hydrogens is 493 g/mol. The molecule has 0 saturated heterocycles. The highest BCUT2D eigenvalue weighted by Gasteiger charge is 2.42. The Morgan fingerprint density at radius 2 is 1.96 bits per heavy atom. The molecule has 0 aromatic heterocycles. The third kappa shape index (κ3) is 3.69. The fourth-order valence-electron chi connectivity index (χ4n) is 4.04. The number of hydrogen-bond acceptors (Lipinski definition) is 4. The molecule has 2 aromatic rings. The number of carbonyl (C=O) groups excluding carboxylic acids is 1. The minimum atomic E-state index is -0.0265. The quantitative estimate of drug-likeness (QED) is 0.347. The molecule has 0 N–H and O–H groups in total. The lowest BCUT2D eigenvalue weighted by molar-refractivity contribution is -0.922. The molecule has 150 valence electrons. The number of methoxy groups -OCH3 is 1. The predicted octanol–water partition coefficient (Wildman–Crippen LogP) is 1.03. The van der Waals surface area contributed by atoms with E-state index in [9.17, 15) is 4.79 Å². The van der Waals surface area contributed by atoms with Crippen LogP contribution < -0.4 is 38.2 Å². The van der Waals surface area contributed by atoms with Crippen LogP contribution in [0.4, 0.5) is 0 Å². The fourth-order valence-corrected chi connectivity index (χ4v) is 4.17. The highest BCUT2D eigenvalue weighted by molar-refractivity contribution is 6.30. The standard InChI is InChI=1S/C21H23ClNO4.HI/c1-23(2)9-8-14-10-18-20(27-12-26-18)21(25-3)19(14)16(23)11-17(24)13-4-6-15(22)7-5-13;/h4-7,10,16H,8-9,11-12H2,1-3H3;1H/q+1;/p-1. The van der Waals surface area contributed by atoms with E-state index >= 15 is 0 Å². The Kier molecular flexibility index (Phi) is 6.12. The Hall–Kier alpha value is -1.51. The molecule has 0 saturated carbocycles. The molecule has 7 heteroatoms. The number of fused-ring (bicyclic) bond motifs is 2. The van der Waals surface area contributed by atoms with Gasteiger partial charge in [-0.25, -0.2) is 0 Å². The van der Waals surface area contributed by atoms with Crippen LogP contribution in [0.15, 0.2) is 30.3 Å². The van der Waals surface area contributed by atoms with Gasteiger partial charge in [0.2, 0.25) is 12.5 Å². The molecule has 2 heterocycles. The summed E-state index contributed by atoms with van der Waals surface area (Å²) in [5.74, 6) is 2.15. The van der Waals surface area contributed by atoms with Crippen molar-refractivity contribution in [2.45, 2.75) is 18.9 Å². The molecule has 0 aliphatic carbocycles. The third-order valence-corrected chi connectivity index (χ3v) is 5.88. The highest BCUT2D eigenvalue weighted by Crippen LogP contribution is 2.51. The third-order valence-electron chi connectivity index (χ3n) is 5.63. The minimum absolute atomic E-state index is 0. The number of rotatable bonds is 4. The van der Waals surface area contributed by atoms with Crippen molar-refractivity contribution in [2.24, 2.45) is 0 Å². The van der Waals surface area contributed by atoms with Crippen molar-refractivity contribution < 1.29 is 47.5 Å². The van der Waals surface area contributed by atoms with E-state index in [2.05, 4.69) is 14.1 Å². The smallest absolute Gasteiger partial charge is 0.231 e. The number of ketones is 1. The van der Waals surface area contributed by atoms with Gasteiger partial charge in [0.1, 0.15) is 6.04 Å². The van der Waals surface area contributed by atoms with E-state index in [1.165, 1.54) is 5.56 Å². The first-order chi connectivity index (χ1) is 12.9. The lowest BCUT2D eigenvalue weighted by Crippen LogP contribution is -3.00. The molecule has 5 nitrogen and oxygen atoms in total. The van der Waals surface area contributed by atoms with Crippen LogP contribution in [0.25, 0.3) is 0 Å². The van der Waals surface area contributed by atoms with Gasteiger partial charge in [-0.15, -0.1) is 0 Å². The van der Waals surface area contributed by atoms with Crippen LogP contribution in [0.2, 0.25) is 5.02 Å². The number of benzene rings is 2. The van der Waals surface area contributed by atoms with Gasteiger partial charge >= 0.3 is 0 Å². The van der Waals surface area contributed by atoms with Gasteiger partial charge in [-0.1, -0.05) is 11.6 Å². The van der Waals surface area contributed by atoms with Crippen molar-refractivity contribution in [3.63, 3.8) is 0 Å². The van der Waals surface area contributed by atoms with Crippen molar-refractivity contribution in [2.75, 3.05) is 34.5 Å². The second-order valence-electron chi connectivity index (χ2n) is 7.62. The molecule has 1 unspecified atom stereocenters. The van der Waals surface area contributed by atoms with E-state index in [1.807, 2.05) is 6.07 Å². The van der Waals surface area contributed by atoms with Gasteiger partial charge in [-0.2, -0.15) is 0 Å². The Morgan fingerprint density at radius 1 is 1.25 bits per heavy atom. The number of carbonyl (C=O) groups is 1. The first kappa shape index (κ1) is 21.2. The first-order valence-electron chi connectivity index (χ1n) is 9.01. The molecule has 0 amide bonds. The van der Waals surface area contributed by atoms with Gasteiger partial charge in [0.15, 0.2) is 17.3 Å². The topological polar surface area (TPSA) is 44.8 Å². The summed E-state index contributed by atoms with van der Waals surface area (Å²) < 4.78 is 17.7. The molecule has 2 aliphatic rings. The summed E-state index contributed by atoms with van der Waals surface area (Å²) in [6.07, 6.45) is 1.29. The summed E-state index contributed by atoms with van der Waals surface area (Å²) in [7, 11) is 5.96. The highest BCUT2D eigenvalue weighted by atomic mass is 127. The molecule has 0 radical (unpaired) electrons. The summed E-state index contributed by atoms with van der Waals surface area (Å²) in [6.45, 7) is 1.13. The van der Waals surface area contributed by atoms with Crippen LogP contribution in [0.1, 0.15) is 33.9 Å². The Balaban J connectivity index is 0.00000225. The zero-order chi connectivity index (χ0) is 19.2. The molecule has 2 aromatic carbocycles. The van der Waals surface area contributed by atoms with E-state index in [4.69, 9.17) is 25.8 Å². The average Bonchev–Trinajstić information content (AvgIpc) is 3.11. The average molecular weight is 516 g/mol. The SMILES string of the molecule is COc1c2c(cc3c1C(CC(=O)c1ccc(Cl)cc1)[N+](C)(C)CC3)OCO2.[I-]. The van der Waals surface area contributed by atoms with Gasteiger partial charge in [-0.05, 0) is 35.9 Å². The van der Waals surface area contributed by atoms with Gasteiger partial charge in [0.25, 0.3) is 0 Å². The van der Waals surface area contributed by atoms with Crippen molar-refractivity contribution in [3.8, 4) is 17.2 Å². The number of likely N-dealkylation sites (N-methyl/N-ethyl adjacent to an activating group) is 1. The molecule has 4 rings (SSSR count). The summed E-state index contributed by atoms with van der Waals surface area (Å²) in [4.78, 5) is 13.0. The van der Waals surface area contributed by atoms with Crippen molar-refractivity contribution in [1.82, 2.24) is 0 Å². The molecule has 0 fully saturated rings.